The molecule has 0 aliphatic heterocycles. The van der Waals surface area contributed by atoms with Gasteiger partial charge in [0.1, 0.15) is 5.83 Å². The van der Waals surface area contributed by atoms with Gasteiger partial charge in [-0.15, -0.1) is 5.57 Å². The van der Waals surface area contributed by atoms with Gasteiger partial charge in [-0.05, 0) is 60.5 Å². The van der Waals surface area contributed by atoms with Crippen LogP contribution in [0.15, 0.2) is 131 Å². The molecule has 0 heterocycles. The molecule has 0 fully saturated rings. The standard InChI is InChI=1S/C15H25.C14H18F5N.C9H12F.C6H7F3.C2H7N.CH5N.Nb/c1-9-13(15(6,7)8)11-10-12(2)14(3,4)5;1-5-11(12(16)8-10(3)15)13(20-4)7-6-9(2)14(17,18)19;1-5-7(3)8(4)9(10)6-2;1-3-4-5(2)6(7,8)9;1-3-2;1-2;/h2,9,11H,1,10H2,3-8H3;6-8,20H,5H2,1-4H3;5-6H,2-3H2,1,4H3;3-4H,1H2,2H3;3H,1-2H3;2H2,1H3;/q-1;;-1;;;;/b13-11+;9-6+,10-8+,12-11-,13-7-;7-5-,9-8+;5-4+;;;. The zero-order valence-corrected chi connectivity index (χ0v) is 41.1. The number of halogens is 9. The van der Waals surface area contributed by atoms with E-state index < -0.39 is 35.2 Å². The summed E-state index contributed by atoms with van der Waals surface area (Å²) >= 11 is 1.77. The van der Waals surface area contributed by atoms with Crippen molar-refractivity contribution >= 4 is 4.23 Å². The van der Waals surface area contributed by atoms with Crippen LogP contribution in [-0.4, -0.2) is 44.8 Å². The van der Waals surface area contributed by atoms with E-state index in [2.05, 4.69) is 94.9 Å². The molecule has 0 aliphatic carbocycles. The van der Waals surface area contributed by atoms with Gasteiger partial charge in [-0.2, -0.15) is 44.9 Å². The summed E-state index contributed by atoms with van der Waals surface area (Å²) in [7, 11) is 6.71. The Morgan fingerprint density at radius 2 is 1.20 bits per heavy atom. The third-order valence-electron chi connectivity index (χ3n) is 7.44. The number of hydrogen-bond donors (Lipinski definition) is 3. The first-order valence-corrected chi connectivity index (χ1v) is 20.1. The third-order valence-corrected chi connectivity index (χ3v) is 8.20. The van der Waals surface area contributed by atoms with Crippen molar-refractivity contribution in [1.29, 1.82) is 0 Å². The molecule has 0 rings (SSSR count). The minimum absolute atomic E-state index is 0.107. The van der Waals surface area contributed by atoms with Gasteiger partial charge in [0.2, 0.25) is 0 Å². The molecule has 0 radical (unpaired) electrons. The van der Waals surface area contributed by atoms with Gasteiger partial charge in [-0.1, -0.05) is 52.2 Å². The van der Waals surface area contributed by atoms with Gasteiger partial charge >= 0.3 is 126 Å². The second kappa shape index (κ2) is 36.4. The van der Waals surface area contributed by atoms with Gasteiger partial charge in [0, 0.05) is 35.5 Å². The van der Waals surface area contributed by atoms with E-state index in [-0.39, 0.29) is 34.3 Å². The van der Waals surface area contributed by atoms with Gasteiger partial charge in [-0.25, -0.2) is 13.2 Å². The summed E-state index contributed by atoms with van der Waals surface area (Å²) in [5.74, 6) is -0.328. The minimum atomic E-state index is -4.43. The van der Waals surface area contributed by atoms with Crippen molar-refractivity contribution < 1.29 is 60.1 Å². The van der Waals surface area contributed by atoms with Crippen LogP contribution in [0.25, 0.3) is 0 Å². The Labute approximate surface area is 370 Å². The second-order valence-corrected chi connectivity index (χ2v) is 15.0. The number of allylic oxidation sites excluding steroid dienone is 18. The van der Waals surface area contributed by atoms with Crippen LogP contribution >= 0.6 is 0 Å². The summed E-state index contributed by atoms with van der Waals surface area (Å²) in [5, 5.41) is 5.36. The van der Waals surface area contributed by atoms with Crippen LogP contribution in [0.5, 0.6) is 0 Å². The predicted molar refractivity (Wildman–Crippen MR) is 240 cm³/mol. The summed E-state index contributed by atoms with van der Waals surface area (Å²) < 4.78 is 113. The van der Waals surface area contributed by atoms with Gasteiger partial charge < -0.3 is 16.4 Å². The molecular weight excluding hydrogens is 870 g/mol. The molecule has 0 atom stereocenters. The van der Waals surface area contributed by atoms with E-state index in [4.69, 9.17) is 0 Å². The smallest absolute Gasteiger partial charge is 0.388 e. The molecule has 0 aliphatic rings. The Morgan fingerprint density at radius 1 is 0.767 bits per heavy atom. The van der Waals surface area contributed by atoms with E-state index in [1.165, 1.54) is 31.7 Å². The molecule has 0 saturated heterocycles. The number of likely N-dealkylation sites (N-methyl/N-ethyl adjacent to an activating group) is 1. The van der Waals surface area contributed by atoms with Crippen LogP contribution in [-0.2, 0) is 20.6 Å². The number of nitrogens with two attached hydrogens (primary N) is 1. The maximum Gasteiger partial charge on any atom is 0.412 e. The van der Waals surface area contributed by atoms with Crippen molar-refractivity contribution in [2.75, 3.05) is 28.2 Å². The molecule has 13 heteroatoms. The van der Waals surface area contributed by atoms with Crippen molar-refractivity contribution in [2.45, 2.75) is 108 Å². The van der Waals surface area contributed by atoms with Crippen molar-refractivity contribution in [1.82, 2.24) is 10.6 Å². The van der Waals surface area contributed by atoms with Gasteiger partial charge in [0.05, 0.1) is 11.7 Å². The van der Waals surface area contributed by atoms with Gasteiger partial charge in [0.15, 0.2) is 0 Å². The fourth-order valence-corrected chi connectivity index (χ4v) is 4.86. The molecule has 0 saturated carbocycles. The summed E-state index contributed by atoms with van der Waals surface area (Å²) in [5.41, 5.74) is 6.41. The quantitative estimate of drug-likeness (QED) is 0.0791. The number of alkyl halides is 6. The van der Waals surface area contributed by atoms with Crippen LogP contribution in [0.2, 0.25) is 0 Å². The van der Waals surface area contributed by atoms with E-state index in [0.29, 0.717) is 17.2 Å². The molecule has 0 spiro atoms. The predicted octanol–water partition coefficient (Wildman–Crippen LogP) is 14.9. The SMILES string of the molecule is C=C/C(=C\C[C-]([CH]=[Nb])C(C)(C)C)C(C)(C)C.C=C/C(F)=C(C)\C([CH2-])=C/C.C=C/C=C(\C)C(F)(F)F.CCC(/C(=C/C=C(\C)C(F)(F)F)NC)=C(F)\C=C(/C)F.CN.CNC. The molecule has 0 bridgehead atoms. The third kappa shape index (κ3) is 36.6. The van der Waals surface area contributed by atoms with Crippen molar-refractivity contribution in [3.05, 3.63) is 144 Å². The maximum atomic E-state index is 13.8. The van der Waals surface area contributed by atoms with Crippen molar-refractivity contribution in [3.8, 4) is 0 Å². The van der Waals surface area contributed by atoms with E-state index in [1.54, 1.807) is 40.5 Å². The Hall–Kier alpha value is -3.29. The molecule has 60 heavy (non-hydrogen) atoms. The number of nitrogens with one attached hydrogen (secondary N) is 2. The molecule has 4 N–H and O–H groups in total. The Bertz CT molecular complexity index is 1500. The normalized spacial score (nSPS) is 14.0. The Morgan fingerprint density at radius 3 is 1.45 bits per heavy atom. The monoisotopic (exact) mass is 944 g/mol. The topological polar surface area (TPSA) is 50.1 Å². The summed E-state index contributed by atoms with van der Waals surface area (Å²) in [6.45, 7) is 35.6. The molecule has 347 valence electrons. The minimum Gasteiger partial charge on any atom is -0.388 e. The van der Waals surface area contributed by atoms with E-state index in [1.807, 2.05) is 27.1 Å². The van der Waals surface area contributed by atoms with Crippen molar-refractivity contribution in [2.24, 2.45) is 16.6 Å². The molecule has 0 aromatic rings. The molecule has 0 aromatic heterocycles. The second-order valence-electron chi connectivity index (χ2n) is 14.4. The molecular formula is C47H74F9N3Nb-2. The Balaban J connectivity index is -0.000000163. The average molecular weight is 945 g/mol. The molecule has 0 unspecified atom stereocenters. The fourth-order valence-electron chi connectivity index (χ4n) is 3.65. The van der Waals surface area contributed by atoms with Gasteiger partial charge in [0.25, 0.3) is 0 Å². The molecule has 3 nitrogen and oxygen atoms in total. The first-order chi connectivity index (χ1) is 27.3. The van der Waals surface area contributed by atoms with Crippen LogP contribution in [0, 0.1) is 23.7 Å². The Kier molecular flexibility index (Phi) is 41.5. The zero-order valence-electron chi connectivity index (χ0n) is 38.9. The first kappa shape index (κ1) is 68.4. The molecule has 0 amide bonds. The zero-order chi connectivity index (χ0) is 49.3. The van der Waals surface area contributed by atoms with Crippen LogP contribution in [0.1, 0.15) is 95.9 Å². The summed E-state index contributed by atoms with van der Waals surface area (Å²) in [4.78, 5) is 0. The molecule has 0 aromatic carbocycles. The summed E-state index contributed by atoms with van der Waals surface area (Å²) in [6, 6.07) is 0. The van der Waals surface area contributed by atoms with E-state index in [0.717, 1.165) is 51.5 Å². The largest absolute Gasteiger partial charge is 0.412 e. The van der Waals surface area contributed by atoms with Crippen molar-refractivity contribution in [3.63, 3.8) is 0 Å². The maximum absolute atomic E-state index is 13.8. The van der Waals surface area contributed by atoms with E-state index >= 15 is 0 Å². The van der Waals surface area contributed by atoms with Crippen LogP contribution in [0.4, 0.5) is 39.5 Å². The fraction of sp³-hybridized carbons (Fsp3) is 0.468. The average Bonchev–Trinajstić information content (AvgIpc) is 3.13. The van der Waals surface area contributed by atoms with Crippen LogP contribution in [0.3, 0.4) is 0 Å². The number of rotatable bonds is 12. The first-order valence-electron chi connectivity index (χ1n) is 18.8. The van der Waals surface area contributed by atoms with Crippen LogP contribution < -0.4 is 16.4 Å². The van der Waals surface area contributed by atoms with E-state index in [9.17, 15) is 39.5 Å². The number of hydrogen-bond acceptors (Lipinski definition) is 3. The van der Waals surface area contributed by atoms with Gasteiger partial charge in [-0.3, -0.25) is 0 Å². The summed E-state index contributed by atoms with van der Waals surface area (Å²) in [6.07, 6.45) is 4.59.